The van der Waals surface area contributed by atoms with Crippen molar-refractivity contribution in [3.8, 4) is 0 Å². The maximum absolute atomic E-state index is 12.2. The molecule has 0 unspecified atom stereocenters. The summed E-state index contributed by atoms with van der Waals surface area (Å²) in [6.45, 7) is 6.59. The molecule has 0 bridgehead atoms. The largest absolute Gasteiger partial charge is 0.480 e. The van der Waals surface area contributed by atoms with Crippen LogP contribution in [0.25, 0.3) is 0 Å². The average molecular weight is 242 g/mol. The van der Waals surface area contributed by atoms with Crippen molar-refractivity contribution in [2.24, 2.45) is 5.41 Å². The molecule has 1 rings (SSSR count). The summed E-state index contributed by atoms with van der Waals surface area (Å²) < 4.78 is 0. The number of carbonyl (C=O) groups excluding carboxylic acids is 2. The first-order valence-corrected chi connectivity index (χ1v) is 5.45. The van der Waals surface area contributed by atoms with E-state index in [4.69, 9.17) is 5.11 Å². The predicted octanol–water partition coefficient (Wildman–Crippen LogP) is -0.166. The zero-order valence-electron chi connectivity index (χ0n) is 10.5. The number of carbonyl (C=O) groups is 3. The lowest BCUT2D eigenvalue weighted by molar-refractivity contribution is -0.165. The van der Waals surface area contributed by atoms with Crippen molar-refractivity contribution >= 4 is 17.8 Å². The minimum absolute atomic E-state index is 0.265. The Labute approximate surface area is 100.0 Å². The molecule has 0 aromatic carbocycles. The third-order valence-electron chi connectivity index (χ3n) is 3.17. The molecule has 2 N–H and O–H groups in total. The molecule has 0 aliphatic carbocycles. The molecule has 96 valence electrons. The number of nitrogens with zero attached hydrogens (tertiary/aromatic N) is 1. The first-order chi connectivity index (χ1) is 7.61. The Balaban J connectivity index is 3.04. The van der Waals surface area contributed by atoms with E-state index in [9.17, 15) is 14.4 Å². The van der Waals surface area contributed by atoms with Crippen LogP contribution in [0.15, 0.2) is 0 Å². The van der Waals surface area contributed by atoms with Crippen molar-refractivity contribution < 1.29 is 19.5 Å². The summed E-state index contributed by atoms with van der Waals surface area (Å²) in [5, 5.41) is 11.7. The second kappa shape index (κ2) is 4.01. The summed E-state index contributed by atoms with van der Waals surface area (Å²) in [6, 6.07) is 0. The van der Waals surface area contributed by atoms with Crippen molar-refractivity contribution in [1.29, 1.82) is 0 Å². The van der Waals surface area contributed by atoms with Gasteiger partial charge in [0, 0.05) is 13.1 Å². The van der Waals surface area contributed by atoms with Crippen LogP contribution in [0, 0.1) is 5.41 Å². The molecule has 0 saturated carbocycles. The highest BCUT2D eigenvalue weighted by Crippen LogP contribution is 2.26. The predicted molar refractivity (Wildman–Crippen MR) is 60.2 cm³/mol. The van der Waals surface area contributed by atoms with E-state index in [1.165, 1.54) is 18.7 Å². The minimum Gasteiger partial charge on any atom is -0.480 e. The Bertz CT molecular complexity index is 374. The fourth-order valence-electron chi connectivity index (χ4n) is 1.68. The third kappa shape index (κ3) is 2.11. The van der Waals surface area contributed by atoms with Crippen LogP contribution in [0.3, 0.4) is 0 Å². The Morgan fingerprint density at radius 2 is 1.94 bits per heavy atom. The van der Waals surface area contributed by atoms with Crippen LogP contribution in [0.2, 0.25) is 0 Å². The SMILES string of the molecule is CC(C)(C(=O)O)C(=O)N1CCNC(=O)C1(C)C. The lowest BCUT2D eigenvalue weighted by atomic mass is 9.88. The van der Waals surface area contributed by atoms with E-state index in [-0.39, 0.29) is 5.91 Å². The molecule has 0 radical (unpaired) electrons. The third-order valence-corrected chi connectivity index (χ3v) is 3.17. The lowest BCUT2D eigenvalue weighted by Gasteiger charge is -2.43. The normalized spacial score (nSPS) is 19.8. The van der Waals surface area contributed by atoms with Crippen molar-refractivity contribution in [1.82, 2.24) is 10.2 Å². The van der Waals surface area contributed by atoms with Gasteiger partial charge in [-0.3, -0.25) is 14.4 Å². The number of hydrogen-bond acceptors (Lipinski definition) is 3. The Kier molecular flexibility index (Phi) is 3.18. The molecular weight excluding hydrogens is 224 g/mol. The van der Waals surface area contributed by atoms with Crippen LogP contribution in [0.1, 0.15) is 27.7 Å². The monoisotopic (exact) mass is 242 g/mol. The molecule has 1 heterocycles. The lowest BCUT2D eigenvalue weighted by Crippen LogP contribution is -2.65. The van der Waals surface area contributed by atoms with Gasteiger partial charge >= 0.3 is 5.97 Å². The van der Waals surface area contributed by atoms with E-state index < -0.39 is 22.8 Å². The minimum atomic E-state index is -1.52. The molecule has 0 spiro atoms. The number of carboxylic acids is 1. The van der Waals surface area contributed by atoms with E-state index in [1.807, 2.05) is 0 Å². The summed E-state index contributed by atoms with van der Waals surface area (Å²) in [5.74, 6) is -1.99. The van der Waals surface area contributed by atoms with E-state index in [2.05, 4.69) is 5.32 Å². The van der Waals surface area contributed by atoms with Gasteiger partial charge in [-0.25, -0.2) is 0 Å². The van der Waals surface area contributed by atoms with Crippen molar-refractivity contribution in [2.75, 3.05) is 13.1 Å². The van der Waals surface area contributed by atoms with Gasteiger partial charge in [0.2, 0.25) is 11.8 Å². The van der Waals surface area contributed by atoms with Crippen molar-refractivity contribution in [3.05, 3.63) is 0 Å². The average Bonchev–Trinajstić information content (AvgIpc) is 2.20. The highest BCUT2D eigenvalue weighted by molar-refractivity contribution is 6.03. The van der Waals surface area contributed by atoms with E-state index in [0.717, 1.165) is 0 Å². The van der Waals surface area contributed by atoms with Gasteiger partial charge in [-0.05, 0) is 27.7 Å². The highest BCUT2D eigenvalue weighted by atomic mass is 16.4. The second-order valence-corrected chi connectivity index (χ2v) is 5.20. The van der Waals surface area contributed by atoms with Crippen LogP contribution in [0.4, 0.5) is 0 Å². The number of rotatable bonds is 2. The van der Waals surface area contributed by atoms with Crippen molar-refractivity contribution in [3.63, 3.8) is 0 Å². The number of hydrogen-bond donors (Lipinski definition) is 2. The van der Waals surface area contributed by atoms with Gasteiger partial charge < -0.3 is 15.3 Å². The molecule has 0 atom stereocenters. The maximum atomic E-state index is 12.2. The zero-order valence-corrected chi connectivity index (χ0v) is 10.5. The van der Waals surface area contributed by atoms with Gasteiger partial charge in [0.25, 0.3) is 0 Å². The summed E-state index contributed by atoms with van der Waals surface area (Å²) in [5.41, 5.74) is -2.53. The topological polar surface area (TPSA) is 86.7 Å². The van der Waals surface area contributed by atoms with E-state index in [1.54, 1.807) is 13.8 Å². The van der Waals surface area contributed by atoms with Crippen LogP contribution in [-0.4, -0.2) is 46.4 Å². The summed E-state index contributed by atoms with van der Waals surface area (Å²) in [7, 11) is 0. The summed E-state index contributed by atoms with van der Waals surface area (Å²) >= 11 is 0. The standard InChI is InChI=1S/C11H18N2O4/c1-10(2,9(16)17)8(15)13-6-5-12-7(14)11(13,3)4/h5-6H2,1-4H3,(H,12,14)(H,16,17). The molecule has 0 aromatic rings. The summed E-state index contributed by atoms with van der Waals surface area (Å²) in [4.78, 5) is 36.2. The zero-order chi connectivity index (χ0) is 13.4. The molecule has 1 aliphatic heterocycles. The molecular formula is C11H18N2O4. The molecule has 1 fully saturated rings. The summed E-state index contributed by atoms with van der Waals surface area (Å²) in [6.07, 6.45) is 0. The van der Waals surface area contributed by atoms with Crippen LogP contribution in [-0.2, 0) is 14.4 Å². The Morgan fingerprint density at radius 3 is 2.41 bits per heavy atom. The molecule has 6 heteroatoms. The molecule has 0 aromatic heterocycles. The molecule has 1 saturated heterocycles. The van der Waals surface area contributed by atoms with Crippen LogP contribution < -0.4 is 5.32 Å². The maximum Gasteiger partial charge on any atom is 0.318 e. The fraction of sp³-hybridized carbons (Fsp3) is 0.727. The second-order valence-electron chi connectivity index (χ2n) is 5.20. The van der Waals surface area contributed by atoms with Gasteiger partial charge in [0.1, 0.15) is 11.0 Å². The van der Waals surface area contributed by atoms with Gasteiger partial charge in [0.05, 0.1) is 0 Å². The van der Waals surface area contributed by atoms with Crippen LogP contribution >= 0.6 is 0 Å². The molecule has 6 nitrogen and oxygen atoms in total. The van der Waals surface area contributed by atoms with Gasteiger partial charge in [-0.1, -0.05) is 0 Å². The molecule has 1 aliphatic rings. The number of piperazine rings is 1. The number of aliphatic carboxylic acids is 1. The fourth-order valence-corrected chi connectivity index (χ4v) is 1.68. The van der Waals surface area contributed by atoms with Crippen LogP contribution in [0.5, 0.6) is 0 Å². The van der Waals surface area contributed by atoms with Gasteiger partial charge in [-0.15, -0.1) is 0 Å². The van der Waals surface area contributed by atoms with E-state index >= 15 is 0 Å². The Morgan fingerprint density at radius 1 is 1.41 bits per heavy atom. The van der Waals surface area contributed by atoms with E-state index in [0.29, 0.717) is 13.1 Å². The highest BCUT2D eigenvalue weighted by Gasteiger charge is 2.47. The van der Waals surface area contributed by atoms with Gasteiger partial charge in [-0.2, -0.15) is 0 Å². The smallest absolute Gasteiger partial charge is 0.318 e. The first kappa shape index (κ1) is 13.5. The number of carboxylic acid groups (broad SMARTS) is 1. The van der Waals surface area contributed by atoms with Gasteiger partial charge in [0.15, 0.2) is 0 Å². The number of nitrogens with one attached hydrogen (secondary N) is 1. The molecule has 2 amide bonds. The quantitative estimate of drug-likeness (QED) is 0.658. The first-order valence-electron chi connectivity index (χ1n) is 5.45. The Hall–Kier alpha value is -1.59. The number of amides is 2. The molecule has 17 heavy (non-hydrogen) atoms. The van der Waals surface area contributed by atoms with Crippen molar-refractivity contribution in [2.45, 2.75) is 33.2 Å².